The van der Waals surface area contributed by atoms with Crippen LogP contribution in [0.1, 0.15) is 16.1 Å². The monoisotopic (exact) mass is 273 g/mol. The molecule has 0 aliphatic rings. The average Bonchev–Trinajstić information content (AvgIpc) is 3.06. The number of hydrogen-bond donors (Lipinski definition) is 2. The van der Waals surface area contributed by atoms with E-state index in [4.69, 9.17) is 10.3 Å². The van der Waals surface area contributed by atoms with Crippen molar-refractivity contribution in [2.24, 2.45) is 5.84 Å². The van der Waals surface area contributed by atoms with E-state index in [9.17, 15) is 9.18 Å². The van der Waals surface area contributed by atoms with Crippen molar-refractivity contribution < 1.29 is 13.6 Å². The predicted octanol–water partition coefficient (Wildman–Crippen LogP) is 2.03. The number of amides is 1. The van der Waals surface area contributed by atoms with E-state index >= 15 is 0 Å². The first-order valence-corrected chi connectivity index (χ1v) is 6.00. The topological polar surface area (TPSA) is 73.2 Å². The highest BCUT2D eigenvalue weighted by Crippen LogP contribution is 2.19. The number of halogens is 1. The molecule has 0 radical (unpaired) electrons. The van der Waals surface area contributed by atoms with Gasteiger partial charge in [0.25, 0.3) is 5.91 Å². The summed E-state index contributed by atoms with van der Waals surface area (Å²) in [6.07, 6.45) is 3.19. The lowest BCUT2D eigenvalue weighted by molar-refractivity contribution is 0.0953. The standard InChI is InChI=1S/C14H12FN3O2/c15-11-1-2-13-9(5-11)3-4-18(13)7-12-6-10(8-20-12)14(19)17-16/h1-6,8H,7,16H2,(H,17,19). The molecule has 0 bridgehead atoms. The van der Waals surface area contributed by atoms with Gasteiger partial charge in [0, 0.05) is 17.1 Å². The quantitative estimate of drug-likeness (QED) is 0.435. The van der Waals surface area contributed by atoms with Crippen LogP contribution in [0, 0.1) is 5.82 Å². The highest BCUT2D eigenvalue weighted by atomic mass is 19.1. The van der Waals surface area contributed by atoms with Gasteiger partial charge in [0.05, 0.1) is 12.1 Å². The molecule has 3 rings (SSSR count). The molecule has 3 aromatic rings. The van der Waals surface area contributed by atoms with Crippen LogP contribution < -0.4 is 11.3 Å². The molecule has 2 aromatic heterocycles. The average molecular weight is 273 g/mol. The Hall–Kier alpha value is -2.60. The zero-order valence-corrected chi connectivity index (χ0v) is 10.5. The molecule has 0 fully saturated rings. The molecule has 102 valence electrons. The van der Waals surface area contributed by atoms with Crippen LogP contribution in [0.4, 0.5) is 4.39 Å². The second kappa shape index (κ2) is 4.82. The van der Waals surface area contributed by atoms with Crippen LogP contribution in [-0.4, -0.2) is 10.5 Å². The normalized spacial score (nSPS) is 10.9. The summed E-state index contributed by atoms with van der Waals surface area (Å²) >= 11 is 0. The lowest BCUT2D eigenvalue weighted by Crippen LogP contribution is -2.29. The molecule has 3 N–H and O–H groups in total. The molecule has 0 unspecified atom stereocenters. The second-order valence-corrected chi connectivity index (χ2v) is 4.42. The zero-order chi connectivity index (χ0) is 14.1. The number of carbonyl (C=O) groups excluding carboxylic acids is 1. The van der Waals surface area contributed by atoms with E-state index in [2.05, 4.69) is 0 Å². The Labute approximate surface area is 113 Å². The molecular formula is C14H12FN3O2. The molecular weight excluding hydrogens is 261 g/mol. The number of hydrogen-bond acceptors (Lipinski definition) is 3. The highest BCUT2D eigenvalue weighted by molar-refractivity contribution is 5.93. The van der Waals surface area contributed by atoms with Crippen LogP contribution in [0.2, 0.25) is 0 Å². The van der Waals surface area contributed by atoms with E-state index in [0.717, 1.165) is 10.9 Å². The summed E-state index contributed by atoms with van der Waals surface area (Å²) in [6, 6.07) is 8.04. The van der Waals surface area contributed by atoms with Gasteiger partial charge < -0.3 is 8.98 Å². The molecule has 5 nitrogen and oxygen atoms in total. The number of carbonyl (C=O) groups is 1. The van der Waals surface area contributed by atoms with Crippen LogP contribution in [0.15, 0.2) is 47.2 Å². The Kier molecular flexibility index (Phi) is 3.00. The Balaban J connectivity index is 1.89. The third-order valence-corrected chi connectivity index (χ3v) is 3.11. The first kappa shape index (κ1) is 12.4. The molecule has 0 aliphatic heterocycles. The van der Waals surface area contributed by atoms with Gasteiger partial charge >= 0.3 is 0 Å². The van der Waals surface area contributed by atoms with Gasteiger partial charge in [-0.2, -0.15) is 0 Å². The summed E-state index contributed by atoms with van der Waals surface area (Å²) in [7, 11) is 0. The van der Waals surface area contributed by atoms with E-state index in [1.807, 2.05) is 22.3 Å². The number of nitrogen functional groups attached to an aromatic ring is 1. The SMILES string of the molecule is NNC(=O)c1coc(Cn2ccc3cc(F)ccc32)c1. The van der Waals surface area contributed by atoms with Gasteiger partial charge in [-0.25, -0.2) is 10.2 Å². The lowest BCUT2D eigenvalue weighted by atomic mass is 10.2. The Bertz CT molecular complexity index is 776. The van der Waals surface area contributed by atoms with E-state index in [-0.39, 0.29) is 5.82 Å². The van der Waals surface area contributed by atoms with E-state index in [1.54, 1.807) is 12.1 Å². The summed E-state index contributed by atoms with van der Waals surface area (Å²) < 4.78 is 20.4. The molecule has 1 aromatic carbocycles. The third-order valence-electron chi connectivity index (χ3n) is 3.11. The molecule has 0 aliphatic carbocycles. The van der Waals surface area contributed by atoms with Crippen molar-refractivity contribution in [1.82, 2.24) is 9.99 Å². The van der Waals surface area contributed by atoms with Crippen molar-refractivity contribution in [2.75, 3.05) is 0 Å². The van der Waals surface area contributed by atoms with E-state index in [1.165, 1.54) is 18.4 Å². The Morgan fingerprint density at radius 1 is 1.35 bits per heavy atom. The van der Waals surface area contributed by atoms with Gasteiger partial charge in [-0.15, -0.1) is 0 Å². The Morgan fingerprint density at radius 2 is 2.20 bits per heavy atom. The minimum absolute atomic E-state index is 0.268. The van der Waals surface area contributed by atoms with Crippen molar-refractivity contribution in [2.45, 2.75) is 6.54 Å². The first-order chi connectivity index (χ1) is 9.67. The molecule has 0 spiro atoms. The fourth-order valence-electron chi connectivity index (χ4n) is 2.14. The second-order valence-electron chi connectivity index (χ2n) is 4.42. The van der Waals surface area contributed by atoms with Gasteiger partial charge in [-0.3, -0.25) is 10.2 Å². The van der Waals surface area contributed by atoms with Crippen molar-refractivity contribution in [3.05, 3.63) is 59.9 Å². The van der Waals surface area contributed by atoms with Gasteiger partial charge in [-0.05, 0) is 30.3 Å². The third kappa shape index (κ3) is 2.17. The molecule has 20 heavy (non-hydrogen) atoms. The maximum atomic E-state index is 13.1. The zero-order valence-electron chi connectivity index (χ0n) is 10.5. The predicted molar refractivity (Wildman–Crippen MR) is 71.4 cm³/mol. The first-order valence-electron chi connectivity index (χ1n) is 6.00. The minimum Gasteiger partial charge on any atom is -0.467 e. The van der Waals surface area contributed by atoms with Crippen molar-refractivity contribution in [1.29, 1.82) is 0 Å². The van der Waals surface area contributed by atoms with Crippen LogP contribution in [0.5, 0.6) is 0 Å². The number of furan rings is 1. The summed E-state index contributed by atoms with van der Waals surface area (Å²) in [5.41, 5.74) is 3.30. The number of aromatic nitrogens is 1. The number of hydrazine groups is 1. The fourth-order valence-corrected chi connectivity index (χ4v) is 2.14. The number of nitrogens with one attached hydrogen (secondary N) is 1. The lowest BCUT2D eigenvalue weighted by Gasteiger charge is -2.02. The number of nitrogens with zero attached hydrogens (tertiary/aromatic N) is 1. The summed E-state index contributed by atoms with van der Waals surface area (Å²) in [4.78, 5) is 11.3. The van der Waals surface area contributed by atoms with Gasteiger partial charge in [0.1, 0.15) is 17.8 Å². The summed E-state index contributed by atoms with van der Waals surface area (Å²) in [5, 5.41) is 0.816. The van der Waals surface area contributed by atoms with Crippen LogP contribution in [0.3, 0.4) is 0 Å². The van der Waals surface area contributed by atoms with E-state index < -0.39 is 5.91 Å². The van der Waals surface area contributed by atoms with Gasteiger partial charge in [-0.1, -0.05) is 0 Å². The fraction of sp³-hybridized carbons (Fsp3) is 0.0714. The Morgan fingerprint density at radius 3 is 3.00 bits per heavy atom. The molecule has 2 heterocycles. The smallest absolute Gasteiger partial charge is 0.268 e. The summed E-state index contributed by atoms with van der Waals surface area (Å²) in [5.74, 6) is 5.00. The van der Waals surface area contributed by atoms with Crippen LogP contribution >= 0.6 is 0 Å². The molecule has 1 amide bonds. The van der Waals surface area contributed by atoms with Crippen molar-refractivity contribution in [3.8, 4) is 0 Å². The largest absolute Gasteiger partial charge is 0.467 e. The molecule has 0 saturated heterocycles. The number of nitrogens with two attached hydrogens (primary N) is 1. The van der Waals surface area contributed by atoms with Crippen LogP contribution in [-0.2, 0) is 6.54 Å². The maximum absolute atomic E-state index is 13.1. The number of benzene rings is 1. The van der Waals surface area contributed by atoms with E-state index in [0.29, 0.717) is 17.9 Å². The molecule has 6 heteroatoms. The number of rotatable bonds is 3. The van der Waals surface area contributed by atoms with Gasteiger partial charge in [0.2, 0.25) is 0 Å². The van der Waals surface area contributed by atoms with Crippen molar-refractivity contribution in [3.63, 3.8) is 0 Å². The highest BCUT2D eigenvalue weighted by Gasteiger charge is 2.10. The maximum Gasteiger partial charge on any atom is 0.268 e. The van der Waals surface area contributed by atoms with Gasteiger partial charge in [0.15, 0.2) is 0 Å². The molecule has 0 saturated carbocycles. The number of fused-ring (bicyclic) bond motifs is 1. The summed E-state index contributed by atoms with van der Waals surface area (Å²) in [6.45, 7) is 0.451. The van der Waals surface area contributed by atoms with Crippen molar-refractivity contribution >= 4 is 16.8 Å². The minimum atomic E-state index is -0.403. The van der Waals surface area contributed by atoms with Crippen LogP contribution in [0.25, 0.3) is 10.9 Å². The molecule has 0 atom stereocenters.